The van der Waals surface area contributed by atoms with E-state index in [1.54, 1.807) is 23.1 Å². The van der Waals surface area contributed by atoms with Gasteiger partial charge in [0.15, 0.2) is 0 Å². The van der Waals surface area contributed by atoms with E-state index in [4.69, 9.17) is 0 Å². The normalized spacial score (nSPS) is 14.7. The van der Waals surface area contributed by atoms with E-state index in [1.807, 2.05) is 6.07 Å². The zero-order chi connectivity index (χ0) is 16.1. The molecule has 1 aromatic carbocycles. The van der Waals surface area contributed by atoms with E-state index < -0.39 is 0 Å². The average Bonchev–Trinajstić information content (AvgIpc) is 2.61. The first-order chi connectivity index (χ1) is 11.3. The van der Waals surface area contributed by atoms with Crippen LogP contribution < -0.4 is 10.2 Å². The summed E-state index contributed by atoms with van der Waals surface area (Å²) >= 11 is 0. The van der Waals surface area contributed by atoms with Gasteiger partial charge < -0.3 is 15.1 Å². The van der Waals surface area contributed by atoms with Crippen LogP contribution in [0.3, 0.4) is 0 Å². The van der Waals surface area contributed by atoms with Crippen molar-refractivity contribution in [3.05, 3.63) is 48.0 Å². The Morgan fingerprint density at radius 3 is 2.70 bits per heavy atom. The number of benzene rings is 1. The maximum Gasteiger partial charge on any atom is 0.209 e. The van der Waals surface area contributed by atoms with Gasteiger partial charge in [0.05, 0.1) is 0 Å². The Hall–Kier alpha value is -2.70. The molecule has 1 fully saturated rings. The molecule has 0 saturated carbocycles. The maximum absolute atomic E-state index is 13.6. The van der Waals surface area contributed by atoms with Crippen LogP contribution in [0.25, 0.3) is 0 Å². The molecule has 0 spiro atoms. The van der Waals surface area contributed by atoms with E-state index >= 15 is 0 Å². The number of rotatable bonds is 5. The molecule has 7 heteroatoms. The van der Waals surface area contributed by atoms with E-state index in [2.05, 4.69) is 20.2 Å². The summed E-state index contributed by atoms with van der Waals surface area (Å²) in [5.41, 5.74) is 0.590. The van der Waals surface area contributed by atoms with Crippen molar-refractivity contribution in [3.63, 3.8) is 0 Å². The summed E-state index contributed by atoms with van der Waals surface area (Å²) in [6.07, 6.45) is 2.36. The molecule has 1 N–H and O–H groups in total. The summed E-state index contributed by atoms with van der Waals surface area (Å²) < 4.78 is 13.6. The summed E-state index contributed by atoms with van der Waals surface area (Å²) in [5.74, 6) is 1.22. The minimum Gasteiger partial charge on any atom is -0.366 e. The van der Waals surface area contributed by atoms with Crippen molar-refractivity contribution in [1.29, 1.82) is 0 Å². The number of piperazine rings is 1. The monoisotopic (exact) mass is 315 g/mol. The van der Waals surface area contributed by atoms with Crippen LogP contribution in [0.2, 0.25) is 0 Å². The molecule has 6 nitrogen and oxygen atoms in total. The highest BCUT2D eigenvalue weighted by Crippen LogP contribution is 2.17. The Morgan fingerprint density at radius 2 is 1.96 bits per heavy atom. The molecular weight excluding hydrogens is 297 g/mol. The fourth-order valence-corrected chi connectivity index (χ4v) is 2.50. The van der Waals surface area contributed by atoms with E-state index in [0.29, 0.717) is 31.0 Å². The van der Waals surface area contributed by atoms with Gasteiger partial charge in [-0.05, 0) is 6.07 Å². The molecule has 1 aliphatic heterocycles. The largest absolute Gasteiger partial charge is 0.366 e. The Labute approximate surface area is 134 Å². The lowest BCUT2D eigenvalue weighted by Gasteiger charge is -2.33. The predicted octanol–water partition coefficient (Wildman–Crippen LogP) is 1.51. The quantitative estimate of drug-likeness (QED) is 0.848. The summed E-state index contributed by atoms with van der Waals surface area (Å²) in [6, 6.07) is 8.49. The van der Waals surface area contributed by atoms with Crippen LogP contribution in [-0.2, 0) is 11.3 Å². The molecule has 1 amide bonds. The van der Waals surface area contributed by atoms with E-state index in [-0.39, 0.29) is 5.82 Å². The predicted molar refractivity (Wildman–Crippen MR) is 85.6 cm³/mol. The molecule has 0 bridgehead atoms. The third kappa shape index (κ3) is 3.74. The fourth-order valence-electron chi connectivity index (χ4n) is 2.50. The van der Waals surface area contributed by atoms with Crippen molar-refractivity contribution in [2.75, 3.05) is 36.4 Å². The summed E-state index contributed by atoms with van der Waals surface area (Å²) in [6.45, 7) is 3.21. The molecule has 0 aliphatic carbocycles. The number of carbonyl (C=O) groups excluding carboxylic acids is 1. The minimum absolute atomic E-state index is 0.237. The summed E-state index contributed by atoms with van der Waals surface area (Å²) in [4.78, 5) is 23.1. The second-order valence-corrected chi connectivity index (χ2v) is 5.33. The van der Waals surface area contributed by atoms with Gasteiger partial charge in [-0.25, -0.2) is 14.4 Å². The van der Waals surface area contributed by atoms with Gasteiger partial charge in [0, 0.05) is 44.4 Å². The van der Waals surface area contributed by atoms with Crippen LogP contribution >= 0.6 is 0 Å². The standard InChI is InChI=1S/C16H18FN5O/c17-14-4-2-1-3-13(14)10-18-15-9-16(20-11-19-15)22-7-5-21(12-23)6-8-22/h1-4,9,11-12H,5-8,10H2,(H,18,19,20). The molecule has 1 aliphatic rings. The van der Waals surface area contributed by atoms with Gasteiger partial charge in [0.1, 0.15) is 23.8 Å². The fraction of sp³-hybridized carbons (Fsp3) is 0.312. The lowest BCUT2D eigenvalue weighted by Crippen LogP contribution is -2.46. The topological polar surface area (TPSA) is 61.4 Å². The average molecular weight is 315 g/mol. The zero-order valence-corrected chi connectivity index (χ0v) is 12.7. The van der Waals surface area contributed by atoms with Gasteiger partial charge in [-0.15, -0.1) is 0 Å². The van der Waals surface area contributed by atoms with Gasteiger partial charge in [-0.3, -0.25) is 4.79 Å². The molecule has 3 rings (SSSR count). The summed E-state index contributed by atoms with van der Waals surface area (Å²) in [5, 5.41) is 3.12. The number of hydrogen-bond acceptors (Lipinski definition) is 5. The number of anilines is 2. The van der Waals surface area contributed by atoms with Crippen molar-refractivity contribution < 1.29 is 9.18 Å². The Balaban J connectivity index is 1.64. The number of nitrogens with zero attached hydrogens (tertiary/aromatic N) is 4. The highest BCUT2D eigenvalue weighted by molar-refractivity contribution is 5.51. The SMILES string of the molecule is O=CN1CCN(c2cc(NCc3ccccc3F)ncn2)CC1. The molecule has 0 unspecified atom stereocenters. The lowest BCUT2D eigenvalue weighted by atomic mass is 10.2. The first-order valence-electron chi connectivity index (χ1n) is 7.50. The molecule has 0 radical (unpaired) electrons. The van der Waals surface area contributed by atoms with Gasteiger partial charge in [0.2, 0.25) is 6.41 Å². The van der Waals surface area contributed by atoms with Crippen LogP contribution in [0, 0.1) is 5.82 Å². The molecule has 2 heterocycles. The number of nitrogens with one attached hydrogen (secondary N) is 1. The Bertz CT molecular complexity index is 673. The third-order valence-corrected chi connectivity index (χ3v) is 3.86. The van der Waals surface area contributed by atoms with Crippen LogP contribution in [0.15, 0.2) is 36.7 Å². The lowest BCUT2D eigenvalue weighted by molar-refractivity contribution is -0.118. The molecule has 2 aromatic rings. The van der Waals surface area contributed by atoms with Crippen molar-refractivity contribution in [1.82, 2.24) is 14.9 Å². The first kappa shape index (κ1) is 15.2. The highest BCUT2D eigenvalue weighted by atomic mass is 19.1. The molecule has 1 saturated heterocycles. The number of amides is 1. The van der Waals surface area contributed by atoms with Crippen molar-refractivity contribution in [2.24, 2.45) is 0 Å². The van der Waals surface area contributed by atoms with Crippen molar-refractivity contribution in [2.45, 2.75) is 6.54 Å². The van der Waals surface area contributed by atoms with Crippen molar-refractivity contribution in [3.8, 4) is 0 Å². The van der Waals surface area contributed by atoms with Crippen LogP contribution in [-0.4, -0.2) is 47.5 Å². The Kier molecular flexibility index (Phi) is 4.65. The molecular formula is C16H18FN5O. The number of halogens is 1. The molecule has 1 aromatic heterocycles. The van der Waals surface area contributed by atoms with Crippen LogP contribution in [0.4, 0.5) is 16.0 Å². The second kappa shape index (κ2) is 7.04. The second-order valence-electron chi connectivity index (χ2n) is 5.33. The smallest absolute Gasteiger partial charge is 0.209 e. The maximum atomic E-state index is 13.6. The molecule has 23 heavy (non-hydrogen) atoms. The van der Waals surface area contributed by atoms with Crippen molar-refractivity contribution >= 4 is 18.0 Å². The van der Waals surface area contributed by atoms with Gasteiger partial charge in [-0.1, -0.05) is 18.2 Å². The number of carbonyl (C=O) groups is 1. The van der Waals surface area contributed by atoms with Crippen LogP contribution in [0.1, 0.15) is 5.56 Å². The van der Waals surface area contributed by atoms with Crippen LogP contribution in [0.5, 0.6) is 0 Å². The summed E-state index contributed by atoms with van der Waals surface area (Å²) in [7, 11) is 0. The number of aromatic nitrogens is 2. The van der Waals surface area contributed by atoms with E-state index in [9.17, 15) is 9.18 Å². The molecule has 120 valence electrons. The van der Waals surface area contributed by atoms with E-state index in [1.165, 1.54) is 12.4 Å². The number of hydrogen-bond donors (Lipinski definition) is 1. The first-order valence-corrected chi connectivity index (χ1v) is 7.50. The molecule has 0 atom stereocenters. The third-order valence-electron chi connectivity index (χ3n) is 3.86. The van der Waals surface area contributed by atoms with Gasteiger partial charge >= 0.3 is 0 Å². The zero-order valence-electron chi connectivity index (χ0n) is 12.7. The minimum atomic E-state index is -0.237. The Morgan fingerprint density at radius 1 is 1.17 bits per heavy atom. The highest BCUT2D eigenvalue weighted by Gasteiger charge is 2.17. The van der Waals surface area contributed by atoms with E-state index in [0.717, 1.165) is 25.3 Å². The van der Waals surface area contributed by atoms with Gasteiger partial charge in [-0.2, -0.15) is 0 Å². The van der Waals surface area contributed by atoms with Gasteiger partial charge in [0.25, 0.3) is 0 Å².